The zero-order valence-electron chi connectivity index (χ0n) is 10.9. The summed E-state index contributed by atoms with van der Waals surface area (Å²) in [5.74, 6) is 1.05. The fourth-order valence-corrected chi connectivity index (χ4v) is 2.75. The van der Waals surface area contributed by atoms with Crippen LogP contribution in [-0.4, -0.2) is 9.97 Å². The summed E-state index contributed by atoms with van der Waals surface area (Å²) in [7, 11) is 0. The van der Waals surface area contributed by atoms with Crippen LogP contribution in [0.1, 0.15) is 0 Å². The van der Waals surface area contributed by atoms with Gasteiger partial charge >= 0.3 is 0 Å². The zero-order chi connectivity index (χ0) is 14.8. The lowest BCUT2D eigenvalue weighted by molar-refractivity contribution is 1.17. The van der Waals surface area contributed by atoms with Gasteiger partial charge in [0.2, 0.25) is 0 Å². The van der Waals surface area contributed by atoms with Crippen molar-refractivity contribution in [2.45, 2.75) is 0 Å². The van der Waals surface area contributed by atoms with E-state index < -0.39 is 0 Å². The molecule has 0 atom stereocenters. The van der Waals surface area contributed by atoms with E-state index in [9.17, 15) is 0 Å². The predicted molar refractivity (Wildman–Crippen MR) is 95.0 cm³/mol. The maximum atomic E-state index is 6.04. The van der Waals surface area contributed by atoms with Crippen molar-refractivity contribution < 1.29 is 0 Å². The van der Waals surface area contributed by atoms with Gasteiger partial charge in [-0.15, -0.1) is 0 Å². The first-order chi connectivity index (χ1) is 10.1. The van der Waals surface area contributed by atoms with Crippen LogP contribution in [0, 0.1) is 3.57 Å². The van der Waals surface area contributed by atoms with Crippen LogP contribution in [0.2, 0.25) is 5.02 Å². The first kappa shape index (κ1) is 14.3. The maximum absolute atomic E-state index is 6.04. The fraction of sp³-hybridized carbons (Fsp3) is 0. The molecular formula is C16H11ClIN3. The van der Waals surface area contributed by atoms with E-state index in [0.29, 0.717) is 16.7 Å². The lowest BCUT2D eigenvalue weighted by Crippen LogP contribution is -2.02. The molecule has 0 saturated carbocycles. The predicted octanol–water partition coefficient (Wildman–Crippen LogP) is 4.65. The number of nitrogens with two attached hydrogens (primary N) is 1. The fourth-order valence-electron chi connectivity index (χ4n) is 2.01. The molecule has 3 rings (SSSR count). The molecule has 0 aliphatic heterocycles. The Bertz CT molecular complexity index is 791. The third-order valence-electron chi connectivity index (χ3n) is 3.01. The number of hydrogen-bond acceptors (Lipinski definition) is 3. The number of aromatic nitrogens is 2. The van der Waals surface area contributed by atoms with Gasteiger partial charge in [-0.1, -0.05) is 54.1 Å². The van der Waals surface area contributed by atoms with Crippen molar-refractivity contribution in [3.63, 3.8) is 0 Å². The van der Waals surface area contributed by atoms with Crippen LogP contribution < -0.4 is 5.73 Å². The second-order valence-corrected chi connectivity index (χ2v) is 5.99. The van der Waals surface area contributed by atoms with E-state index in [2.05, 4.69) is 32.6 Å². The molecule has 3 nitrogen and oxygen atoms in total. The lowest BCUT2D eigenvalue weighted by Gasteiger charge is -2.09. The molecule has 1 aromatic heterocycles. The Labute approximate surface area is 141 Å². The minimum absolute atomic E-state index is 0.472. The molecule has 0 unspecified atom stereocenters. The average molecular weight is 408 g/mol. The molecule has 3 aromatic rings. The number of benzene rings is 2. The Morgan fingerprint density at radius 2 is 1.62 bits per heavy atom. The zero-order valence-corrected chi connectivity index (χ0v) is 13.8. The van der Waals surface area contributed by atoms with Gasteiger partial charge in [-0.05, 0) is 34.7 Å². The number of rotatable bonds is 2. The first-order valence-electron chi connectivity index (χ1n) is 6.29. The van der Waals surface area contributed by atoms with Crippen molar-refractivity contribution in [2.24, 2.45) is 0 Å². The van der Waals surface area contributed by atoms with Gasteiger partial charge in [0.1, 0.15) is 5.82 Å². The van der Waals surface area contributed by atoms with Gasteiger partial charge in [0, 0.05) is 16.1 Å². The Balaban J connectivity index is 2.19. The second-order valence-electron chi connectivity index (χ2n) is 4.47. The molecule has 0 amide bonds. The smallest absolute Gasteiger partial charge is 0.162 e. The van der Waals surface area contributed by atoms with Crippen LogP contribution in [0.3, 0.4) is 0 Å². The molecule has 1 heterocycles. The van der Waals surface area contributed by atoms with E-state index >= 15 is 0 Å². The van der Waals surface area contributed by atoms with Gasteiger partial charge in [-0.2, -0.15) is 0 Å². The monoisotopic (exact) mass is 407 g/mol. The van der Waals surface area contributed by atoms with E-state index in [1.165, 1.54) is 0 Å². The highest BCUT2D eigenvalue weighted by molar-refractivity contribution is 14.1. The third kappa shape index (κ3) is 3.01. The second kappa shape index (κ2) is 5.99. The van der Waals surface area contributed by atoms with Crippen LogP contribution in [0.5, 0.6) is 0 Å². The molecule has 0 radical (unpaired) electrons. The van der Waals surface area contributed by atoms with Gasteiger partial charge in [0.15, 0.2) is 5.82 Å². The minimum Gasteiger partial charge on any atom is -0.383 e. The number of nitrogen functional groups attached to an aromatic ring is 1. The van der Waals surface area contributed by atoms with Crippen molar-refractivity contribution in [3.05, 3.63) is 63.2 Å². The summed E-state index contributed by atoms with van der Waals surface area (Å²) in [5, 5.41) is 0.648. The highest BCUT2D eigenvalue weighted by Gasteiger charge is 2.13. The van der Waals surface area contributed by atoms with Crippen molar-refractivity contribution in [1.82, 2.24) is 9.97 Å². The molecule has 2 aromatic carbocycles. The van der Waals surface area contributed by atoms with Crippen molar-refractivity contribution in [2.75, 3.05) is 5.73 Å². The Kier molecular flexibility index (Phi) is 4.07. The van der Waals surface area contributed by atoms with Crippen LogP contribution in [0.25, 0.3) is 22.6 Å². The Hall–Kier alpha value is -1.66. The Morgan fingerprint density at radius 1 is 0.905 bits per heavy atom. The van der Waals surface area contributed by atoms with E-state index in [1.807, 2.05) is 54.6 Å². The minimum atomic E-state index is 0.472. The van der Waals surface area contributed by atoms with Crippen LogP contribution in [0.15, 0.2) is 54.6 Å². The quantitative estimate of drug-likeness (QED) is 0.629. The first-order valence-corrected chi connectivity index (χ1v) is 7.75. The number of hydrogen-bond donors (Lipinski definition) is 1. The molecule has 5 heteroatoms. The molecule has 0 aliphatic rings. The van der Waals surface area contributed by atoms with Gasteiger partial charge in [0.05, 0.1) is 9.26 Å². The summed E-state index contributed by atoms with van der Waals surface area (Å²) in [5.41, 5.74) is 8.74. The molecule has 21 heavy (non-hydrogen) atoms. The largest absolute Gasteiger partial charge is 0.383 e. The highest BCUT2D eigenvalue weighted by Crippen LogP contribution is 2.29. The van der Waals surface area contributed by atoms with Crippen LogP contribution >= 0.6 is 34.2 Å². The summed E-state index contributed by atoms with van der Waals surface area (Å²) < 4.78 is 0.851. The third-order valence-corrected chi connectivity index (χ3v) is 4.31. The molecule has 104 valence electrons. The van der Waals surface area contributed by atoms with E-state index in [4.69, 9.17) is 17.3 Å². The molecule has 2 N–H and O–H groups in total. The molecule has 0 aliphatic carbocycles. The number of halogens is 2. The summed E-state index contributed by atoms with van der Waals surface area (Å²) in [4.78, 5) is 9.03. The van der Waals surface area contributed by atoms with Gasteiger partial charge in [-0.3, -0.25) is 0 Å². The lowest BCUT2D eigenvalue weighted by atomic mass is 10.1. The van der Waals surface area contributed by atoms with Crippen molar-refractivity contribution in [3.8, 4) is 22.6 Å². The summed E-state index contributed by atoms with van der Waals surface area (Å²) in [6.45, 7) is 0. The molecule has 0 spiro atoms. The summed E-state index contributed by atoms with van der Waals surface area (Å²) >= 11 is 8.21. The average Bonchev–Trinajstić information content (AvgIpc) is 2.51. The standard InChI is InChI=1S/C16H11ClIN3/c17-12-8-4-7-11(9-12)16-20-14(13(18)15(19)21-16)10-5-2-1-3-6-10/h1-9H,(H2,19,20,21). The van der Waals surface area contributed by atoms with Gasteiger partial charge < -0.3 is 5.73 Å². The highest BCUT2D eigenvalue weighted by atomic mass is 127. The van der Waals surface area contributed by atoms with Crippen LogP contribution in [0.4, 0.5) is 5.82 Å². The van der Waals surface area contributed by atoms with Crippen molar-refractivity contribution in [1.29, 1.82) is 0 Å². The molecule has 0 bridgehead atoms. The van der Waals surface area contributed by atoms with E-state index in [0.717, 1.165) is 20.4 Å². The van der Waals surface area contributed by atoms with Gasteiger partial charge in [0.25, 0.3) is 0 Å². The topological polar surface area (TPSA) is 51.8 Å². The summed E-state index contributed by atoms with van der Waals surface area (Å²) in [6, 6.07) is 17.4. The SMILES string of the molecule is Nc1nc(-c2cccc(Cl)c2)nc(-c2ccccc2)c1I. The normalized spacial score (nSPS) is 10.6. The Morgan fingerprint density at radius 3 is 2.33 bits per heavy atom. The summed E-state index contributed by atoms with van der Waals surface area (Å²) in [6.07, 6.45) is 0. The number of nitrogens with zero attached hydrogens (tertiary/aromatic N) is 2. The van der Waals surface area contributed by atoms with E-state index in [-0.39, 0.29) is 0 Å². The van der Waals surface area contributed by atoms with Crippen LogP contribution in [-0.2, 0) is 0 Å². The molecule has 0 saturated heterocycles. The van der Waals surface area contributed by atoms with E-state index in [1.54, 1.807) is 0 Å². The molecular weight excluding hydrogens is 397 g/mol. The van der Waals surface area contributed by atoms with Gasteiger partial charge in [-0.25, -0.2) is 9.97 Å². The van der Waals surface area contributed by atoms with Crippen molar-refractivity contribution >= 4 is 40.0 Å². The maximum Gasteiger partial charge on any atom is 0.162 e. The molecule has 0 fully saturated rings. The number of anilines is 1.